The number of rotatable bonds is 10. The first-order valence-electron chi connectivity index (χ1n) is 8.15. The summed E-state index contributed by atoms with van der Waals surface area (Å²) in [4.78, 5) is 16.3. The van der Waals surface area contributed by atoms with Crippen molar-refractivity contribution in [1.29, 1.82) is 0 Å². The van der Waals surface area contributed by atoms with Gasteiger partial charge >= 0.3 is 0 Å². The van der Waals surface area contributed by atoms with E-state index in [2.05, 4.69) is 11.9 Å². The molecular formula is C18H25NO2. The lowest BCUT2D eigenvalue weighted by atomic mass is 10.1. The summed E-state index contributed by atoms with van der Waals surface area (Å²) in [7, 11) is 0. The number of ketones is 1. The minimum absolute atomic E-state index is 0.232. The second-order valence-corrected chi connectivity index (χ2v) is 5.66. The number of aromatic nitrogens is 1. The molecule has 0 bridgehead atoms. The van der Waals surface area contributed by atoms with Crippen molar-refractivity contribution >= 4 is 16.9 Å². The summed E-state index contributed by atoms with van der Waals surface area (Å²) in [6.45, 7) is 2.23. The summed E-state index contributed by atoms with van der Waals surface area (Å²) in [6.07, 6.45) is 9.60. The van der Waals surface area contributed by atoms with Crippen LogP contribution >= 0.6 is 0 Å². The Morgan fingerprint density at radius 3 is 2.52 bits per heavy atom. The fourth-order valence-corrected chi connectivity index (χ4v) is 2.53. The zero-order valence-electron chi connectivity index (χ0n) is 12.9. The van der Waals surface area contributed by atoms with E-state index in [4.69, 9.17) is 4.42 Å². The van der Waals surface area contributed by atoms with Gasteiger partial charge < -0.3 is 4.42 Å². The van der Waals surface area contributed by atoms with Crippen LogP contribution in [0.1, 0.15) is 64.2 Å². The molecule has 0 aliphatic rings. The highest BCUT2D eigenvalue weighted by atomic mass is 16.3. The molecule has 0 aliphatic carbocycles. The molecule has 0 amide bonds. The average Bonchev–Trinajstić information content (AvgIpc) is 2.88. The summed E-state index contributed by atoms with van der Waals surface area (Å²) in [6, 6.07) is 7.63. The standard InChI is InChI=1S/C18H25NO2/c1-2-3-4-5-6-7-8-11-15(20)14-18-19-16-12-9-10-13-17(16)21-18/h9-10,12-13H,2-8,11,14H2,1H3. The van der Waals surface area contributed by atoms with Crippen molar-refractivity contribution in [1.82, 2.24) is 4.98 Å². The summed E-state index contributed by atoms with van der Waals surface area (Å²) < 4.78 is 5.58. The number of oxazole rings is 1. The summed E-state index contributed by atoms with van der Waals surface area (Å²) in [5, 5.41) is 0. The molecule has 0 saturated carbocycles. The molecule has 2 rings (SSSR count). The maximum absolute atomic E-state index is 11.9. The van der Waals surface area contributed by atoms with Gasteiger partial charge in [-0.25, -0.2) is 4.98 Å². The van der Waals surface area contributed by atoms with Crippen molar-refractivity contribution in [3.05, 3.63) is 30.2 Å². The molecule has 0 fully saturated rings. The van der Waals surface area contributed by atoms with Gasteiger partial charge in [-0.2, -0.15) is 0 Å². The number of hydrogen-bond donors (Lipinski definition) is 0. The van der Waals surface area contributed by atoms with E-state index in [1.54, 1.807) is 0 Å². The minimum Gasteiger partial charge on any atom is -0.440 e. The van der Waals surface area contributed by atoms with Gasteiger partial charge in [0, 0.05) is 6.42 Å². The first-order valence-corrected chi connectivity index (χ1v) is 8.15. The van der Waals surface area contributed by atoms with Gasteiger partial charge in [0.1, 0.15) is 11.3 Å². The first-order chi connectivity index (χ1) is 10.3. The zero-order valence-corrected chi connectivity index (χ0v) is 12.9. The molecule has 1 aromatic heterocycles. The average molecular weight is 287 g/mol. The van der Waals surface area contributed by atoms with Gasteiger partial charge in [-0.05, 0) is 18.6 Å². The van der Waals surface area contributed by atoms with Gasteiger partial charge in [-0.3, -0.25) is 4.79 Å². The predicted molar refractivity (Wildman–Crippen MR) is 85.3 cm³/mol. The van der Waals surface area contributed by atoms with Crippen LogP contribution in [0.25, 0.3) is 11.1 Å². The molecule has 1 heterocycles. The fourth-order valence-electron chi connectivity index (χ4n) is 2.53. The van der Waals surface area contributed by atoms with Crippen LogP contribution in [-0.2, 0) is 11.2 Å². The summed E-state index contributed by atoms with van der Waals surface area (Å²) >= 11 is 0. The van der Waals surface area contributed by atoms with Gasteiger partial charge in [0.05, 0.1) is 6.42 Å². The van der Waals surface area contributed by atoms with E-state index in [0.717, 1.165) is 23.9 Å². The van der Waals surface area contributed by atoms with Gasteiger partial charge in [0.15, 0.2) is 5.58 Å². The molecule has 0 radical (unpaired) electrons. The maximum Gasteiger partial charge on any atom is 0.202 e. The Morgan fingerprint density at radius 2 is 1.76 bits per heavy atom. The molecule has 3 heteroatoms. The number of para-hydroxylation sites is 2. The number of benzene rings is 1. The molecule has 0 aliphatic heterocycles. The molecule has 0 spiro atoms. The van der Waals surface area contributed by atoms with Gasteiger partial charge in [-0.1, -0.05) is 57.6 Å². The Hall–Kier alpha value is -1.64. The van der Waals surface area contributed by atoms with Crippen molar-refractivity contribution in [3.63, 3.8) is 0 Å². The van der Waals surface area contributed by atoms with Gasteiger partial charge in [0.25, 0.3) is 0 Å². The Morgan fingerprint density at radius 1 is 1.05 bits per heavy atom. The molecule has 114 valence electrons. The smallest absolute Gasteiger partial charge is 0.202 e. The fraction of sp³-hybridized carbons (Fsp3) is 0.556. The lowest BCUT2D eigenvalue weighted by Gasteiger charge is -2.00. The number of hydrogen-bond acceptors (Lipinski definition) is 3. The monoisotopic (exact) mass is 287 g/mol. The van der Waals surface area contributed by atoms with E-state index in [0.29, 0.717) is 18.7 Å². The molecule has 3 nitrogen and oxygen atoms in total. The summed E-state index contributed by atoms with van der Waals surface area (Å²) in [5.41, 5.74) is 1.59. The molecule has 0 saturated heterocycles. The summed E-state index contributed by atoms with van der Waals surface area (Å²) in [5.74, 6) is 0.777. The highest BCUT2D eigenvalue weighted by Gasteiger charge is 2.10. The maximum atomic E-state index is 11.9. The van der Waals surface area contributed by atoms with Crippen LogP contribution in [-0.4, -0.2) is 10.8 Å². The number of carbonyl (C=O) groups excluding carboxylic acids is 1. The highest BCUT2D eigenvalue weighted by molar-refractivity contribution is 5.81. The predicted octanol–water partition coefficient (Wildman–Crippen LogP) is 5.08. The van der Waals surface area contributed by atoms with Crippen LogP contribution in [0, 0.1) is 0 Å². The Bertz CT molecular complexity index is 526. The zero-order chi connectivity index (χ0) is 14.9. The topological polar surface area (TPSA) is 43.1 Å². The van der Waals surface area contributed by atoms with E-state index in [-0.39, 0.29) is 5.78 Å². The Kier molecular flexibility index (Phi) is 6.45. The Balaban J connectivity index is 1.65. The number of nitrogens with zero attached hydrogens (tertiary/aromatic N) is 1. The van der Waals surface area contributed by atoms with Crippen LogP contribution in [0.3, 0.4) is 0 Å². The minimum atomic E-state index is 0.232. The normalized spacial score (nSPS) is 11.1. The second kappa shape index (κ2) is 8.60. The van der Waals surface area contributed by atoms with Crippen LogP contribution in [0.2, 0.25) is 0 Å². The highest BCUT2D eigenvalue weighted by Crippen LogP contribution is 2.16. The number of carbonyl (C=O) groups is 1. The SMILES string of the molecule is CCCCCCCCCC(=O)Cc1nc2ccccc2o1. The third-order valence-corrected chi connectivity index (χ3v) is 3.75. The molecule has 0 N–H and O–H groups in total. The lowest BCUT2D eigenvalue weighted by molar-refractivity contribution is -0.118. The van der Waals surface area contributed by atoms with E-state index in [9.17, 15) is 4.79 Å². The quantitative estimate of drug-likeness (QED) is 0.572. The van der Waals surface area contributed by atoms with Crippen LogP contribution in [0.4, 0.5) is 0 Å². The Labute approximate surface area is 126 Å². The molecular weight excluding hydrogens is 262 g/mol. The van der Waals surface area contributed by atoms with Crippen molar-refractivity contribution in [3.8, 4) is 0 Å². The van der Waals surface area contributed by atoms with E-state index >= 15 is 0 Å². The van der Waals surface area contributed by atoms with Crippen molar-refractivity contribution in [2.24, 2.45) is 0 Å². The third kappa shape index (κ3) is 5.33. The first kappa shape index (κ1) is 15.7. The second-order valence-electron chi connectivity index (χ2n) is 5.66. The van der Waals surface area contributed by atoms with Crippen molar-refractivity contribution in [2.75, 3.05) is 0 Å². The van der Waals surface area contributed by atoms with E-state index < -0.39 is 0 Å². The van der Waals surface area contributed by atoms with Gasteiger partial charge in [0.2, 0.25) is 5.89 Å². The molecule has 21 heavy (non-hydrogen) atoms. The van der Waals surface area contributed by atoms with E-state index in [1.165, 1.54) is 32.1 Å². The molecule has 0 unspecified atom stereocenters. The lowest BCUT2D eigenvalue weighted by Crippen LogP contribution is -2.02. The third-order valence-electron chi connectivity index (χ3n) is 3.75. The largest absolute Gasteiger partial charge is 0.440 e. The number of unbranched alkanes of at least 4 members (excludes halogenated alkanes) is 6. The molecule has 2 aromatic rings. The van der Waals surface area contributed by atoms with Crippen LogP contribution in [0.15, 0.2) is 28.7 Å². The number of Topliss-reactive ketones (excluding diaryl/α,β-unsaturated/α-hetero) is 1. The van der Waals surface area contributed by atoms with Crippen molar-refractivity contribution in [2.45, 2.75) is 64.7 Å². The van der Waals surface area contributed by atoms with Gasteiger partial charge in [-0.15, -0.1) is 0 Å². The van der Waals surface area contributed by atoms with Crippen LogP contribution < -0.4 is 0 Å². The van der Waals surface area contributed by atoms with Crippen molar-refractivity contribution < 1.29 is 9.21 Å². The van der Waals surface area contributed by atoms with E-state index in [1.807, 2.05) is 24.3 Å². The van der Waals surface area contributed by atoms with Crippen LogP contribution in [0.5, 0.6) is 0 Å². The molecule has 1 aromatic carbocycles. The molecule has 0 atom stereocenters. The number of fused-ring (bicyclic) bond motifs is 1.